The molecule has 1 atom stereocenters. The lowest BCUT2D eigenvalue weighted by atomic mass is 10.3. The van der Waals surface area contributed by atoms with Gasteiger partial charge in [0.25, 0.3) is 0 Å². The fraction of sp³-hybridized carbons (Fsp3) is 0.556. The molecule has 2 nitrogen and oxygen atoms in total. The molecule has 0 N–H and O–H groups in total. The van der Waals surface area contributed by atoms with Crippen molar-refractivity contribution >= 4 is 23.4 Å². The summed E-state index contributed by atoms with van der Waals surface area (Å²) >= 11 is 7.45. The van der Waals surface area contributed by atoms with Gasteiger partial charge < -0.3 is 9.15 Å². The maximum absolute atomic E-state index is 5.64. The quantitative estimate of drug-likeness (QED) is 0.727. The third-order valence-corrected chi connectivity index (χ3v) is 3.42. The number of halogens is 1. The first kappa shape index (κ1) is 9.44. The minimum absolute atomic E-state index is 0.126. The third-order valence-electron chi connectivity index (χ3n) is 1.92. The number of hydrogen-bond acceptors (Lipinski definition) is 3. The summed E-state index contributed by atoms with van der Waals surface area (Å²) in [5.74, 6) is 2.82. The number of hydrogen-bond donors (Lipinski definition) is 0. The Bertz CT molecular complexity index is 294. The first-order valence-corrected chi connectivity index (χ1v) is 5.67. The molecule has 0 aromatic carbocycles. The Labute approximate surface area is 86.6 Å². The number of rotatable bonds is 4. The number of ether oxygens (including phenoxy) is 1. The second-order valence-corrected chi connectivity index (χ2v) is 4.80. The summed E-state index contributed by atoms with van der Waals surface area (Å²) in [6.07, 6.45) is 0. The summed E-state index contributed by atoms with van der Waals surface area (Å²) in [6, 6.07) is 3.68. The molecule has 1 fully saturated rings. The fourth-order valence-electron chi connectivity index (χ4n) is 1.00. The van der Waals surface area contributed by atoms with Crippen LogP contribution in [0.4, 0.5) is 0 Å². The second kappa shape index (κ2) is 3.56. The van der Waals surface area contributed by atoms with Crippen molar-refractivity contribution in [3.8, 4) is 0 Å². The zero-order valence-electron chi connectivity index (χ0n) is 7.38. The lowest BCUT2D eigenvalue weighted by Crippen LogP contribution is -2.07. The van der Waals surface area contributed by atoms with E-state index >= 15 is 0 Å². The Morgan fingerprint density at radius 1 is 1.62 bits per heavy atom. The Balaban J connectivity index is 1.73. The average Bonchev–Trinajstić information content (AvgIpc) is 2.65. The molecule has 1 aromatic rings. The van der Waals surface area contributed by atoms with E-state index in [1.165, 1.54) is 0 Å². The van der Waals surface area contributed by atoms with Crippen LogP contribution in [-0.4, -0.2) is 18.0 Å². The van der Waals surface area contributed by atoms with Gasteiger partial charge in [0.15, 0.2) is 5.22 Å². The van der Waals surface area contributed by atoms with Crippen LogP contribution >= 0.6 is 23.4 Å². The highest BCUT2D eigenvalue weighted by atomic mass is 35.5. The summed E-state index contributed by atoms with van der Waals surface area (Å²) in [5, 5.41) is 0.462. The lowest BCUT2D eigenvalue weighted by Gasteiger charge is -2.02. The molecule has 0 bridgehead atoms. The van der Waals surface area contributed by atoms with E-state index in [1.807, 2.05) is 17.8 Å². The summed E-state index contributed by atoms with van der Waals surface area (Å²) in [7, 11) is 0. The predicted octanol–water partition coefficient (Wildman–Crippen LogP) is 2.96. The smallest absolute Gasteiger partial charge is 0.193 e. The van der Waals surface area contributed by atoms with Gasteiger partial charge in [0.1, 0.15) is 5.76 Å². The molecule has 0 radical (unpaired) electrons. The average molecular weight is 219 g/mol. The van der Waals surface area contributed by atoms with E-state index in [4.69, 9.17) is 20.8 Å². The van der Waals surface area contributed by atoms with Gasteiger partial charge in [0.2, 0.25) is 0 Å². The van der Waals surface area contributed by atoms with Crippen LogP contribution in [0.25, 0.3) is 0 Å². The Morgan fingerprint density at radius 3 is 2.92 bits per heavy atom. The molecule has 0 spiro atoms. The topological polar surface area (TPSA) is 25.7 Å². The standard InChI is InChI=1S/C9H11ClO2S/c1-9(5-11-9)6-13-4-7-2-3-8(10)12-7/h2-3H,4-6H2,1H3. The Hall–Kier alpha value is -0.120. The van der Waals surface area contributed by atoms with E-state index in [2.05, 4.69) is 6.92 Å². The molecular weight excluding hydrogens is 208 g/mol. The molecule has 0 amide bonds. The van der Waals surface area contributed by atoms with E-state index in [0.29, 0.717) is 5.22 Å². The molecule has 1 aromatic heterocycles. The van der Waals surface area contributed by atoms with Gasteiger partial charge in [-0.05, 0) is 30.7 Å². The van der Waals surface area contributed by atoms with Crippen LogP contribution in [0.15, 0.2) is 16.5 Å². The van der Waals surface area contributed by atoms with Crippen LogP contribution in [-0.2, 0) is 10.5 Å². The minimum atomic E-state index is 0.126. The van der Waals surface area contributed by atoms with E-state index in [0.717, 1.165) is 23.9 Å². The summed E-state index contributed by atoms with van der Waals surface area (Å²) < 4.78 is 10.5. The van der Waals surface area contributed by atoms with Crippen LogP contribution in [0, 0.1) is 0 Å². The van der Waals surface area contributed by atoms with Crippen molar-refractivity contribution in [2.45, 2.75) is 18.3 Å². The summed E-state index contributed by atoms with van der Waals surface area (Å²) in [6.45, 7) is 3.01. The van der Waals surface area contributed by atoms with Crippen LogP contribution < -0.4 is 0 Å². The molecule has 2 heterocycles. The van der Waals surface area contributed by atoms with Crippen LogP contribution in [0.1, 0.15) is 12.7 Å². The summed E-state index contributed by atoms with van der Waals surface area (Å²) in [5.41, 5.74) is 0.126. The van der Waals surface area contributed by atoms with Crippen LogP contribution in [0.3, 0.4) is 0 Å². The maximum Gasteiger partial charge on any atom is 0.193 e. The van der Waals surface area contributed by atoms with Gasteiger partial charge in [-0.3, -0.25) is 0 Å². The zero-order chi connectivity index (χ0) is 9.31. The number of thioether (sulfide) groups is 1. The third kappa shape index (κ3) is 2.66. The maximum atomic E-state index is 5.64. The lowest BCUT2D eigenvalue weighted by molar-refractivity contribution is 0.348. The van der Waals surface area contributed by atoms with Crippen molar-refractivity contribution < 1.29 is 9.15 Å². The molecule has 13 heavy (non-hydrogen) atoms. The van der Waals surface area contributed by atoms with E-state index < -0.39 is 0 Å². The van der Waals surface area contributed by atoms with Crippen LogP contribution in [0.5, 0.6) is 0 Å². The highest BCUT2D eigenvalue weighted by Crippen LogP contribution is 2.31. The van der Waals surface area contributed by atoms with Gasteiger partial charge in [0.05, 0.1) is 18.0 Å². The molecule has 2 rings (SSSR count). The van der Waals surface area contributed by atoms with Crippen molar-refractivity contribution in [2.24, 2.45) is 0 Å². The fourth-order valence-corrected chi connectivity index (χ4v) is 2.22. The molecule has 1 aliphatic rings. The highest BCUT2D eigenvalue weighted by Gasteiger charge is 2.38. The molecule has 1 saturated heterocycles. The van der Waals surface area contributed by atoms with Gasteiger partial charge >= 0.3 is 0 Å². The number of furan rings is 1. The van der Waals surface area contributed by atoms with Crippen LogP contribution in [0.2, 0.25) is 5.22 Å². The van der Waals surface area contributed by atoms with Gasteiger partial charge in [-0.25, -0.2) is 0 Å². The van der Waals surface area contributed by atoms with Crippen molar-refractivity contribution in [1.82, 2.24) is 0 Å². The van der Waals surface area contributed by atoms with E-state index in [9.17, 15) is 0 Å². The molecule has 72 valence electrons. The summed E-state index contributed by atoms with van der Waals surface area (Å²) in [4.78, 5) is 0. The molecule has 0 saturated carbocycles. The zero-order valence-corrected chi connectivity index (χ0v) is 8.95. The Morgan fingerprint density at radius 2 is 2.38 bits per heavy atom. The molecule has 1 aliphatic heterocycles. The Kier molecular flexibility index (Phi) is 2.58. The van der Waals surface area contributed by atoms with Gasteiger partial charge in [0, 0.05) is 5.75 Å². The molecule has 4 heteroatoms. The monoisotopic (exact) mass is 218 g/mol. The van der Waals surface area contributed by atoms with Crippen molar-refractivity contribution in [1.29, 1.82) is 0 Å². The van der Waals surface area contributed by atoms with E-state index in [1.54, 1.807) is 6.07 Å². The minimum Gasteiger partial charge on any atom is -0.449 e. The molecular formula is C9H11ClO2S. The normalized spacial score (nSPS) is 26.3. The van der Waals surface area contributed by atoms with Crippen molar-refractivity contribution in [2.75, 3.05) is 12.4 Å². The van der Waals surface area contributed by atoms with Gasteiger partial charge in [-0.1, -0.05) is 0 Å². The van der Waals surface area contributed by atoms with Crippen molar-refractivity contribution in [3.63, 3.8) is 0 Å². The first-order chi connectivity index (χ1) is 6.18. The second-order valence-electron chi connectivity index (χ2n) is 3.44. The van der Waals surface area contributed by atoms with Crippen molar-refractivity contribution in [3.05, 3.63) is 23.1 Å². The van der Waals surface area contributed by atoms with E-state index in [-0.39, 0.29) is 5.60 Å². The SMILES string of the molecule is CC1(CSCc2ccc(Cl)o2)CO1. The van der Waals surface area contributed by atoms with Gasteiger partial charge in [-0.2, -0.15) is 11.8 Å². The largest absolute Gasteiger partial charge is 0.449 e. The first-order valence-electron chi connectivity index (χ1n) is 4.14. The molecule has 1 unspecified atom stereocenters. The number of epoxide rings is 1. The predicted molar refractivity (Wildman–Crippen MR) is 54.2 cm³/mol. The molecule has 0 aliphatic carbocycles. The van der Waals surface area contributed by atoms with Gasteiger partial charge in [-0.15, -0.1) is 0 Å². The highest BCUT2D eigenvalue weighted by molar-refractivity contribution is 7.98.